The SMILES string of the molecule is CN(CCc1cccs1)C(=O)[C@@H]1CCCCN1.Cl. The molecule has 1 aliphatic rings. The van der Waals surface area contributed by atoms with Crippen molar-refractivity contribution >= 4 is 29.7 Å². The first-order valence-electron chi connectivity index (χ1n) is 6.28. The lowest BCUT2D eigenvalue weighted by Crippen LogP contribution is -2.47. The molecule has 102 valence electrons. The van der Waals surface area contributed by atoms with E-state index < -0.39 is 0 Å². The molecule has 0 saturated carbocycles. The molecule has 5 heteroatoms. The van der Waals surface area contributed by atoms with Crippen LogP contribution in [0, 0.1) is 0 Å². The topological polar surface area (TPSA) is 32.3 Å². The second-order valence-electron chi connectivity index (χ2n) is 4.59. The Morgan fingerprint density at radius 2 is 2.39 bits per heavy atom. The van der Waals surface area contributed by atoms with Gasteiger partial charge in [-0.1, -0.05) is 12.5 Å². The van der Waals surface area contributed by atoms with Gasteiger partial charge in [0.05, 0.1) is 6.04 Å². The molecular formula is C13H21ClN2OS. The van der Waals surface area contributed by atoms with Crippen LogP contribution in [-0.4, -0.2) is 37.0 Å². The minimum absolute atomic E-state index is 0. The van der Waals surface area contributed by atoms with Gasteiger partial charge in [-0.2, -0.15) is 0 Å². The van der Waals surface area contributed by atoms with Crippen molar-refractivity contribution in [2.45, 2.75) is 31.7 Å². The van der Waals surface area contributed by atoms with Crippen LogP contribution < -0.4 is 5.32 Å². The number of amides is 1. The standard InChI is InChI=1S/C13H20N2OS.ClH/c1-15(9-7-11-5-4-10-17-11)13(16)12-6-2-3-8-14-12;/h4-5,10,12,14H,2-3,6-9H2,1H3;1H/t12-;/m0./s1. The summed E-state index contributed by atoms with van der Waals surface area (Å²) in [6.07, 6.45) is 4.32. The summed E-state index contributed by atoms with van der Waals surface area (Å²) < 4.78 is 0. The Balaban J connectivity index is 0.00000162. The molecule has 2 rings (SSSR count). The van der Waals surface area contributed by atoms with E-state index in [1.165, 1.54) is 17.7 Å². The Hall–Kier alpha value is -0.580. The molecule has 1 amide bonds. The third-order valence-corrected chi connectivity index (χ3v) is 4.19. The Morgan fingerprint density at radius 3 is 3.00 bits per heavy atom. The van der Waals surface area contributed by atoms with Crippen molar-refractivity contribution in [3.63, 3.8) is 0 Å². The number of carbonyl (C=O) groups is 1. The highest BCUT2D eigenvalue weighted by molar-refractivity contribution is 7.09. The van der Waals surface area contributed by atoms with Gasteiger partial charge in [-0.25, -0.2) is 0 Å². The molecule has 18 heavy (non-hydrogen) atoms. The number of nitrogens with zero attached hydrogens (tertiary/aromatic N) is 1. The summed E-state index contributed by atoms with van der Waals surface area (Å²) in [5.41, 5.74) is 0. The minimum atomic E-state index is 0. The number of rotatable bonds is 4. The molecule has 1 aromatic rings. The van der Waals surface area contributed by atoms with Crippen LogP contribution in [0.15, 0.2) is 17.5 Å². The molecule has 1 N–H and O–H groups in total. The van der Waals surface area contributed by atoms with E-state index >= 15 is 0 Å². The summed E-state index contributed by atoms with van der Waals surface area (Å²) >= 11 is 1.76. The Labute approximate surface area is 119 Å². The normalized spacial score (nSPS) is 19.1. The molecule has 1 aromatic heterocycles. The molecule has 1 saturated heterocycles. The van der Waals surface area contributed by atoms with E-state index in [4.69, 9.17) is 0 Å². The smallest absolute Gasteiger partial charge is 0.239 e. The van der Waals surface area contributed by atoms with Gasteiger partial charge in [0.15, 0.2) is 0 Å². The van der Waals surface area contributed by atoms with Crippen LogP contribution in [0.1, 0.15) is 24.1 Å². The number of piperidine rings is 1. The lowest BCUT2D eigenvalue weighted by Gasteiger charge is -2.27. The molecule has 0 radical (unpaired) electrons. The van der Waals surface area contributed by atoms with Gasteiger partial charge in [-0.3, -0.25) is 4.79 Å². The van der Waals surface area contributed by atoms with Crippen LogP contribution >= 0.6 is 23.7 Å². The average molecular weight is 289 g/mol. The highest BCUT2D eigenvalue weighted by atomic mass is 35.5. The number of hydrogen-bond donors (Lipinski definition) is 1. The zero-order chi connectivity index (χ0) is 12.1. The second-order valence-corrected chi connectivity index (χ2v) is 5.62. The van der Waals surface area contributed by atoms with Crippen LogP contribution in [0.4, 0.5) is 0 Å². The molecule has 0 spiro atoms. The molecule has 0 aromatic carbocycles. The fourth-order valence-electron chi connectivity index (χ4n) is 2.17. The molecule has 3 nitrogen and oxygen atoms in total. The molecule has 0 unspecified atom stereocenters. The summed E-state index contributed by atoms with van der Waals surface area (Å²) in [6.45, 7) is 1.80. The average Bonchev–Trinajstić information content (AvgIpc) is 2.89. The highest BCUT2D eigenvalue weighted by Crippen LogP contribution is 2.12. The summed E-state index contributed by atoms with van der Waals surface area (Å²) in [5, 5.41) is 5.39. The molecule has 2 heterocycles. The monoisotopic (exact) mass is 288 g/mol. The van der Waals surface area contributed by atoms with Gasteiger partial charge in [0.25, 0.3) is 0 Å². The quantitative estimate of drug-likeness (QED) is 0.922. The van der Waals surface area contributed by atoms with Gasteiger partial charge in [0.1, 0.15) is 0 Å². The van der Waals surface area contributed by atoms with Crippen molar-refractivity contribution in [2.24, 2.45) is 0 Å². The van der Waals surface area contributed by atoms with Crippen molar-refractivity contribution in [1.82, 2.24) is 10.2 Å². The summed E-state index contributed by atoms with van der Waals surface area (Å²) in [4.78, 5) is 15.3. The van der Waals surface area contributed by atoms with Crippen LogP contribution in [0.25, 0.3) is 0 Å². The lowest BCUT2D eigenvalue weighted by atomic mass is 10.0. The van der Waals surface area contributed by atoms with Crippen molar-refractivity contribution in [3.05, 3.63) is 22.4 Å². The second kappa shape index (κ2) is 7.77. The zero-order valence-corrected chi connectivity index (χ0v) is 12.4. The van der Waals surface area contributed by atoms with Crippen molar-refractivity contribution in [3.8, 4) is 0 Å². The van der Waals surface area contributed by atoms with Crippen LogP contribution in [0.5, 0.6) is 0 Å². The number of nitrogens with one attached hydrogen (secondary N) is 1. The third kappa shape index (κ3) is 4.26. The number of halogens is 1. The maximum atomic E-state index is 12.1. The third-order valence-electron chi connectivity index (χ3n) is 3.26. The van der Waals surface area contributed by atoms with Crippen LogP contribution in [-0.2, 0) is 11.2 Å². The van der Waals surface area contributed by atoms with E-state index in [-0.39, 0.29) is 24.4 Å². The Morgan fingerprint density at radius 1 is 1.56 bits per heavy atom. The molecule has 0 aliphatic carbocycles. The fourth-order valence-corrected chi connectivity index (χ4v) is 2.87. The van der Waals surface area contributed by atoms with Crippen LogP contribution in [0.2, 0.25) is 0 Å². The number of thiophene rings is 1. The highest BCUT2D eigenvalue weighted by Gasteiger charge is 2.23. The van der Waals surface area contributed by atoms with Crippen molar-refractivity contribution in [1.29, 1.82) is 0 Å². The first-order chi connectivity index (χ1) is 8.27. The number of carbonyl (C=O) groups excluding carboxylic acids is 1. The molecular weight excluding hydrogens is 268 g/mol. The minimum Gasteiger partial charge on any atom is -0.344 e. The number of hydrogen-bond acceptors (Lipinski definition) is 3. The molecule has 0 bridgehead atoms. The first-order valence-corrected chi connectivity index (χ1v) is 7.16. The fraction of sp³-hybridized carbons (Fsp3) is 0.615. The van der Waals surface area contributed by atoms with Gasteiger partial charge in [0, 0.05) is 18.5 Å². The van der Waals surface area contributed by atoms with E-state index in [0.29, 0.717) is 0 Å². The molecule has 1 atom stereocenters. The van der Waals surface area contributed by atoms with Gasteiger partial charge < -0.3 is 10.2 Å². The molecule has 1 aliphatic heterocycles. The summed E-state index contributed by atoms with van der Waals surface area (Å²) in [7, 11) is 1.91. The maximum Gasteiger partial charge on any atom is 0.239 e. The zero-order valence-electron chi connectivity index (χ0n) is 10.7. The van der Waals surface area contributed by atoms with E-state index in [2.05, 4.69) is 22.8 Å². The van der Waals surface area contributed by atoms with E-state index in [0.717, 1.165) is 25.9 Å². The largest absolute Gasteiger partial charge is 0.344 e. The predicted molar refractivity (Wildman–Crippen MR) is 78.5 cm³/mol. The summed E-state index contributed by atoms with van der Waals surface area (Å²) in [5.74, 6) is 0.251. The van der Waals surface area contributed by atoms with Gasteiger partial charge in [0.2, 0.25) is 5.91 Å². The van der Waals surface area contributed by atoms with E-state index in [1.54, 1.807) is 11.3 Å². The van der Waals surface area contributed by atoms with Crippen molar-refractivity contribution in [2.75, 3.05) is 20.1 Å². The maximum absolute atomic E-state index is 12.1. The first kappa shape index (κ1) is 15.5. The van der Waals surface area contributed by atoms with Crippen LogP contribution in [0.3, 0.4) is 0 Å². The van der Waals surface area contributed by atoms with Gasteiger partial charge in [-0.15, -0.1) is 23.7 Å². The lowest BCUT2D eigenvalue weighted by molar-refractivity contribution is -0.132. The summed E-state index contributed by atoms with van der Waals surface area (Å²) in [6, 6.07) is 4.24. The Bertz CT molecular complexity index is 350. The number of likely N-dealkylation sites (N-methyl/N-ethyl adjacent to an activating group) is 1. The van der Waals surface area contributed by atoms with Crippen molar-refractivity contribution < 1.29 is 4.79 Å². The van der Waals surface area contributed by atoms with E-state index in [1.807, 2.05) is 11.9 Å². The molecule has 1 fully saturated rings. The van der Waals surface area contributed by atoms with E-state index in [9.17, 15) is 4.79 Å². The van der Waals surface area contributed by atoms with Gasteiger partial charge >= 0.3 is 0 Å². The van der Waals surface area contributed by atoms with Gasteiger partial charge in [-0.05, 0) is 37.3 Å². The Kier molecular flexibility index (Phi) is 6.68. The predicted octanol–water partition coefficient (Wildman–Crippen LogP) is 2.31.